The van der Waals surface area contributed by atoms with E-state index >= 15 is 0 Å². The Bertz CT molecular complexity index is 780. The van der Waals surface area contributed by atoms with E-state index < -0.39 is 71.2 Å². The van der Waals surface area contributed by atoms with Gasteiger partial charge in [0.15, 0.2) is 12.7 Å². The molecule has 4 unspecified atom stereocenters. The molecule has 11 heteroatoms. The maximum atomic E-state index is 13.1. The van der Waals surface area contributed by atoms with Crippen molar-refractivity contribution in [3.05, 3.63) is 0 Å². The minimum Gasteiger partial charge on any atom is -0.460 e. The Morgan fingerprint density at radius 3 is 1.67 bits per heavy atom. The topological polar surface area (TPSA) is 105 Å². The third-order valence-corrected chi connectivity index (χ3v) is 5.08. The van der Waals surface area contributed by atoms with Crippen molar-refractivity contribution in [2.75, 3.05) is 6.61 Å². The Kier molecular flexibility index (Phi) is 11.9. The Balaban J connectivity index is 5.75. The van der Waals surface area contributed by atoms with Gasteiger partial charge in [-0.25, -0.2) is 4.79 Å². The number of esters is 4. The summed E-state index contributed by atoms with van der Waals surface area (Å²) in [5, 5.41) is 0. The molecule has 0 aliphatic rings. The van der Waals surface area contributed by atoms with E-state index in [9.17, 15) is 32.3 Å². The van der Waals surface area contributed by atoms with Gasteiger partial charge in [0.1, 0.15) is 11.2 Å². The molecular formula is C25H41F3O8. The highest BCUT2D eigenvalue weighted by Gasteiger charge is 2.43. The van der Waals surface area contributed by atoms with Crippen molar-refractivity contribution in [1.29, 1.82) is 0 Å². The molecule has 0 amide bonds. The highest BCUT2D eigenvalue weighted by atomic mass is 19.4. The number of alkyl halides is 3. The molecular weight excluding hydrogens is 485 g/mol. The maximum Gasteiger partial charge on any atom is 0.425 e. The van der Waals surface area contributed by atoms with E-state index in [1.165, 1.54) is 6.92 Å². The van der Waals surface area contributed by atoms with Crippen LogP contribution in [0, 0.1) is 17.3 Å². The van der Waals surface area contributed by atoms with Gasteiger partial charge >= 0.3 is 30.1 Å². The highest BCUT2D eigenvalue weighted by Crippen LogP contribution is 2.37. The van der Waals surface area contributed by atoms with Crippen LogP contribution in [0.15, 0.2) is 0 Å². The van der Waals surface area contributed by atoms with E-state index in [0.717, 1.165) is 0 Å². The van der Waals surface area contributed by atoms with E-state index in [1.54, 1.807) is 55.4 Å². The summed E-state index contributed by atoms with van der Waals surface area (Å²) in [7, 11) is 0. The van der Waals surface area contributed by atoms with Gasteiger partial charge in [0.05, 0.1) is 17.3 Å². The molecule has 0 aliphatic heterocycles. The van der Waals surface area contributed by atoms with Crippen LogP contribution in [0.1, 0.15) is 88.5 Å². The van der Waals surface area contributed by atoms with E-state index in [2.05, 4.69) is 4.74 Å². The summed E-state index contributed by atoms with van der Waals surface area (Å²) in [4.78, 5) is 50.2. The van der Waals surface area contributed by atoms with Crippen LogP contribution in [0.25, 0.3) is 0 Å². The zero-order chi connectivity index (χ0) is 28.7. The number of carbonyl (C=O) groups is 4. The second-order valence-electron chi connectivity index (χ2n) is 11.3. The fourth-order valence-corrected chi connectivity index (χ4v) is 3.33. The predicted octanol–water partition coefficient (Wildman–Crippen LogP) is 5.16. The van der Waals surface area contributed by atoms with Gasteiger partial charge in [0.25, 0.3) is 0 Å². The number of rotatable bonds is 11. The second kappa shape index (κ2) is 12.8. The van der Waals surface area contributed by atoms with Crippen molar-refractivity contribution in [3.8, 4) is 0 Å². The van der Waals surface area contributed by atoms with Gasteiger partial charge in [0.2, 0.25) is 0 Å². The Hall–Kier alpha value is -2.33. The molecule has 0 radical (unpaired) electrons. The fourth-order valence-electron chi connectivity index (χ4n) is 3.33. The van der Waals surface area contributed by atoms with E-state index in [1.807, 2.05) is 0 Å². The molecule has 0 saturated heterocycles. The monoisotopic (exact) mass is 526 g/mol. The van der Waals surface area contributed by atoms with Gasteiger partial charge in [-0.05, 0) is 74.7 Å². The van der Waals surface area contributed by atoms with Crippen LogP contribution in [0.3, 0.4) is 0 Å². The van der Waals surface area contributed by atoms with Crippen molar-refractivity contribution in [2.24, 2.45) is 17.3 Å². The first-order valence-corrected chi connectivity index (χ1v) is 11.9. The number of hydrogen-bond donors (Lipinski definition) is 0. The summed E-state index contributed by atoms with van der Waals surface area (Å²) in [5.74, 6) is -5.01. The first-order chi connectivity index (χ1) is 16.0. The normalized spacial score (nSPS) is 16.7. The molecule has 0 heterocycles. The molecule has 0 rings (SSSR count). The molecule has 0 bridgehead atoms. The lowest BCUT2D eigenvalue weighted by Crippen LogP contribution is -2.40. The fraction of sp³-hybridized carbons (Fsp3) is 0.840. The van der Waals surface area contributed by atoms with Crippen LogP contribution < -0.4 is 0 Å². The smallest absolute Gasteiger partial charge is 0.425 e. The van der Waals surface area contributed by atoms with Crippen molar-refractivity contribution < 1.29 is 51.3 Å². The Morgan fingerprint density at radius 1 is 0.778 bits per heavy atom. The quantitative estimate of drug-likeness (QED) is 0.269. The number of hydrogen-bond acceptors (Lipinski definition) is 8. The van der Waals surface area contributed by atoms with Gasteiger partial charge in [-0.3, -0.25) is 14.4 Å². The molecule has 210 valence electrons. The van der Waals surface area contributed by atoms with E-state index in [4.69, 9.17) is 14.2 Å². The van der Waals surface area contributed by atoms with Gasteiger partial charge in [-0.2, -0.15) is 13.2 Å². The van der Waals surface area contributed by atoms with Crippen LogP contribution in [0.4, 0.5) is 13.2 Å². The second-order valence-corrected chi connectivity index (χ2v) is 11.3. The molecule has 0 N–H and O–H groups in total. The highest BCUT2D eigenvalue weighted by molar-refractivity contribution is 5.82. The third kappa shape index (κ3) is 12.6. The van der Waals surface area contributed by atoms with Crippen LogP contribution in [0.5, 0.6) is 0 Å². The summed E-state index contributed by atoms with van der Waals surface area (Å²) in [6.07, 6.45) is -7.02. The van der Waals surface area contributed by atoms with Crippen LogP contribution in [-0.4, -0.2) is 54.0 Å². The van der Waals surface area contributed by atoms with Crippen molar-refractivity contribution >= 4 is 23.9 Å². The van der Waals surface area contributed by atoms with Gasteiger partial charge in [0, 0.05) is 0 Å². The van der Waals surface area contributed by atoms with Crippen LogP contribution in [-0.2, 0) is 38.1 Å². The molecule has 8 nitrogen and oxygen atoms in total. The van der Waals surface area contributed by atoms with Crippen molar-refractivity contribution in [3.63, 3.8) is 0 Å². The van der Waals surface area contributed by atoms with Gasteiger partial charge < -0.3 is 18.9 Å². The maximum absolute atomic E-state index is 13.1. The molecule has 0 aromatic rings. The Labute approximate surface area is 211 Å². The molecule has 0 saturated carbocycles. The lowest BCUT2D eigenvalue weighted by atomic mass is 9.74. The number of halogens is 3. The lowest BCUT2D eigenvalue weighted by Gasteiger charge is -2.33. The minimum absolute atomic E-state index is 0.0849. The van der Waals surface area contributed by atoms with Crippen molar-refractivity contribution in [1.82, 2.24) is 0 Å². The molecule has 0 aromatic carbocycles. The summed E-state index contributed by atoms with van der Waals surface area (Å²) in [5.41, 5.74) is -3.02. The average Bonchev–Trinajstić information content (AvgIpc) is 2.66. The molecule has 0 spiro atoms. The SMILES string of the molecule is CCC(CC(C)(CC(C)C(=O)OC(C)(C)C)C(=O)OCC(=O)OC(C)C(F)(F)F)C(=O)OC(C)(C)C. The van der Waals surface area contributed by atoms with Crippen molar-refractivity contribution in [2.45, 2.75) is 112 Å². The first-order valence-electron chi connectivity index (χ1n) is 11.9. The molecule has 4 atom stereocenters. The summed E-state index contributed by atoms with van der Waals surface area (Å²) >= 11 is 0. The van der Waals surface area contributed by atoms with Crippen LogP contribution in [0.2, 0.25) is 0 Å². The zero-order valence-electron chi connectivity index (χ0n) is 23.0. The van der Waals surface area contributed by atoms with E-state index in [0.29, 0.717) is 13.3 Å². The first kappa shape index (κ1) is 33.7. The summed E-state index contributed by atoms with van der Waals surface area (Å²) < 4.78 is 58.0. The average molecular weight is 527 g/mol. The van der Waals surface area contributed by atoms with E-state index in [-0.39, 0.29) is 12.8 Å². The zero-order valence-corrected chi connectivity index (χ0v) is 23.0. The number of carbonyl (C=O) groups excluding carboxylic acids is 4. The predicted molar refractivity (Wildman–Crippen MR) is 125 cm³/mol. The van der Waals surface area contributed by atoms with Gasteiger partial charge in [-0.15, -0.1) is 0 Å². The minimum atomic E-state index is -4.77. The molecule has 0 aliphatic carbocycles. The Morgan fingerprint density at radius 2 is 1.25 bits per heavy atom. The lowest BCUT2D eigenvalue weighted by molar-refractivity contribution is -0.218. The number of ether oxygens (including phenoxy) is 4. The van der Waals surface area contributed by atoms with Crippen LogP contribution >= 0.6 is 0 Å². The molecule has 0 aromatic heterocycles. The van der Waals surface area contributed by atoms with Gasteiger partial charge in [-0.1, -0.05) is 13.8 Å². The molecule has 36 heavy (non-hydrogen) atoms. The largest absolute Gasteiger partial charge is 0.460 e. The standard InChI is InChI=1S/C25H41F3O8/c1-11-17(20(31)36-23(7,8)9)13-24(10,12-15(2)19(30)35-22(4,5)6)21(32)33-14-18(29)34-16(3)25(26,27)28/h15-17H,11-14H2,1-10H3. The summed E-state index contributed by atoms with van der Waals surface area (Å²) in [6, 6.07) is 0. The summed E-state index contributed by atoms with van der Waals surface area (Å²) in [6.45, 7) is 14.5. The third-order valence-electron chi connectivity index (χ3n) is 5.08. The molecule has 0 fully saturated rings.